The number of piperidine rings is 1. The van der Waals surface area contributed by atoms with E-state index in [1.54, 1.807) is 12.1 Å². The van der Waals surface area contributed by atoms with Crippen LogP contribution in [-0.4, -0.2) is 24.7 Å². The van der Waals surface area contributed by atoms with E-state index in [1.807, 2.05) is 6.92 Å². The highest BCUT2D eigenvalue weighted by Crippen LogP contribution is 2.24. The van der Waals surface area contributed by atoms with Crippen LogP contribution in [0.3, 0.4) is 0 Å². The molecule has 1 aliphatic heterocycles. The number of carbonyl (C=O) groups excluding carboxylic acids is 1. The van der Waals surface area contributed by atoms with Crippen molar-refractivity contribution in [1.29, 1.82) is 0 Å². The van der Waals surface area contributed by atoms with Crippen LogP contribution in [0.15, 0.2) is 48.5 Å². The molecule has 2 aromatic carbocycles. The molecule has 28 heavy (non-hydrogen) atoms. The summed E-state index contributed by atoms with van der Waals surface area (Å²) in [5.41, 5.74) is 3.41. The van der Waals surface area contributed by atoms with Gasteiger partial charge >= 0.3 is 0 Å². The van der Waals surface area contributed by atoms with Crippen LogP contribution in [0.2, 0.25) is 0 Å². The average Bonchev–Trinajstić information content (AvgIpc) is 2.69. The zero-order valence-corrected chi connectivity index (χ0v) is 17.5. The Balaban J connectivity index is 1.45. The molecule has 3 rings (SSSR count). The van der Waals surface area contributed by atoms with Crippen molar-refractivity contribution in [3.05, 3.63) is 65.5 Å². The number of rotatable bonds is 7. The van der Waals surface area contributed by atoms with Gasteiger partial charge in [0.15, 0.2) is 0 Å². The number of hydrogen-bond acceptors (Lipinski definition) is 3. The quantitative estimate of drug-likeness (QED) is 0.696. The summed E-state index contributed by atoms with van der Waals surface area (Å²) in [5.74, 6) is 1.63. The molecule has 1 amide bonds. The molecular formula is C23H29FN2OS. The molecule has 1 fully saturated rings. The molecule has 2 atom stereocenters. The summed E-state index contributed by atoms with van der Waals surface area (Å²) in [4.78, 5) is 14.7. The first kappa shape index (κ1) is 20.7. The van der Waals surface area contributed by atoms with Crippen LogP contribution < -0.4 is 10.2 Å². The number of anilines is 1. The molecule has 1 aliphatic rings. The molecule has 0 aromatic heterocycles. The highest BCUT2D eigenvalue weighted by Gasteiger charge is 2.17. The topological polar surface area (TPSA) is 32.3 Å². The van der Waals surface area contributed by atoms with E-state index in [0.29, 0.717) is 11.5 Å². The third-order valence-electron chi connectivity index (χ3n) is 5.21. The Morgan fingerprint density at radius 2 is 1.93 bits per heavy atom. The second-order valence-corrected chi connectivity index (χ2v) is 8.68. The normalized spacial score (nSPS) is 18.0. The number of thioether (sulfide) groups is 1. The summed E-state index contributed by atoms with van der Waals surface area (Å²) in [6.07, 6.45) is 2.57. The maximum Gasteiger partial charge on any atom is 0.230 e. The summed E-state index contributed by atoms with van der Waals surface area (Å²) in [6, 6.07) is 15.0. The third-order valence-corrected chi connectivity index (χ3v) is 6.21. The minimum atomic E-state index is -0.235. The molecule has 5 heteroatoms. The van der Waals surface area contributed by atoms with Crippen molar-refractivity contribution in [2.45, 2.75) is 38.5 Å². The van der Waals surface area contributed by atoms with Crippen molar-refractivity contribution < 1.29 is 9.18 Å². The second kappa shape index (κ2) is 9.97. The maximum absolute atomic E-state index is 12.9. The number of nitrogens with one attached hydrogen (secondary N) is 1. The van der Waals surface area contributed by atoms with Gasteiger partial charge in [0.1, 0.15) is 5.82 Å². The number of amides is 1. The van der Waals surface area contributed by atoms with Gasteiger partial charge in [0.2, 0.25) is 5.91 Å². The molecule has 2 aromatic rings. The van der Waals surface area contributed by atoms with Gasteiger partial charge < -0.3 is 10.2 Å². The Kier molecular flexibility index (Phi) is 7.37. The first-order valence-corrected chi connectivity index (χ1v) is 11.1. The molecule has 0 saturated carbocycles. The number of halogens is 1. The lowest BCUT2D eigenvalue weighted by atomic mass is 9.99. The Bertz CT molecular complexity index is 763. The summed E-state index contributed by atoms with van der Waals surface area (Å²) >= 11 is 1.54. The highest BCUT2D eigenvalue weighted by atomic mass is 32.2. The zero-order valence-electron chi connectivity index (χ0n) is 16.7. The molecule has 0 spiro atoms. The SMILES string of the molecule is C[C@@H]1CCCN(c2ccc([C@H](C)NC(=O)CSCc3ccc(F)cc3)cc2)C1. The lowest BCUT2D eigenvalue weighted by molar-refractivity contribution is -0.119. The van der Waals surface area contributed by atoms with E-state index in [2.05, 4.69) is 41.4 Å². The number of nitrogens with zero attached hydrogens (tertiary/aromatic N) is 1. The average molecular weight is 401 g/mol. The predicted octanol–water partition coefficient (Wildman–Crippen LogP) is 5.17. The first-order chi connectivity index (χ1) is 13.5. The number of benzene rings is 2. The molecular weight excluding hydrogens is 371 g/mol. The minimum absolute atomic E-state index is 0.0201. The van der Waals surface area contributed by atoms with Crippen LogP contribution in [0.4, 0.5) is 10.1 Å². The van der Waals surface area contributed by atoms with Crippen molar-refractivity contribution in [3.63, 3.8) is 0 Å². The zero-order chi connectivity index (χ0) is 19.9. The van der Waals surface area contributed by atoms with Gasteiger partial charge in [-0.2, -0.15) is 0 Å². The minimum Gasteiger partial charge on any atom is -0.371 e. The molecule has 1 heterocycles. The van der Waals surface area contributed by atoms with Crippen molar-refractivity contribution in [2.24, 2.45) is 5.92 Å². The fraction of sp³-hybridized carbons (Fsp3) is 0.435. The Labute approximate surface area is 171 Å². The molecule has 1 N–H and O–H groups in total. The third kappa shape index (κ3) is 5.99. The summed E-state index contributed by atoms with van der Waals surface area (Å²) in [5, 5.41) is 3.06. The van der Waals surface area contributed by atoms with Gasteiger partial charge in [0.05, 0.1) is 11.8 Å². The van der Waals surface area contributed by atoms with Crippen molar-refractivity contribution in [2.75, 3.05) is 23.7 Å². The van der Waals surface area contributed by atoms with E-state index in [9.17, 15) is 9.18 Å². The van der Waals surface area contributed by atoms with Crippen LogP contribution in [0.5, 0.6) is 0 Å². The van der Waals surface area contributed by atoms with Crippen LogP contribution in [-0.2, 0) is 10.5 Å². The molecule has 150 valence electrons. The lowest BCUT2D eigenvalue weighted by Crippen LogP contribution is -2.34. The van der Waals surface area contributed by atoms with E-state index in [-0.39, 0.29) is 17.8 Å². The van der Waals surface area contributed by atoms with E-state index >= 15 is 0 Å². The molecule has 0 unspecified atom stereocenters. The van der Waals surface area contributed by atoms with Crippen LogP contribution >= 0.6 is 11.8 Å². The summed E-state index contributed by atoms with van der Waals surface area (Å²) < 4.78 is 12.9. The largest absolute Gasteiger partial charge is 0.371 e. The van der Waals surface area contributed by atoms with Crippen LogP contribution in [0, 0.1) is 11.7 Å². The van der Waals surface area contributed by atoms with Gasteiger partial charge in [0, 0.05) is 24.5 Å². The van der Waals surface area contributed by atoms with Crippen LogP contribution in [0.25, 0.3) is 0 Å². The lowest BCUT2D eigenvalue weighted by Gasteiger charge is -2.33. The smallest absolute Gasteiger partial charge is 0.230 e. The molecule has 0 aliphatic carbocycles. The van der Waals surface area contributed by atoms with Crippen molar-refractivity contribution in [1.82, 2.24) is 5.32 Å². The molecule has 1 saturated heterocycles. The van der Waals surface area contributed by atoms with Gasteiger partial charge in [-0.05, 0) is 61.1 Å². The Hall–Kier alpha value is -2.01. The fourth-order valence-corrected chi connectivity index (χ4v) is 4.41. The van der Waals surface area contributed by atoms with Gasteiger partial charge in [-0.15, -0.1) is 11.8 Å². The number of carbonyl (C=O) groups is 1. The van der Waals surface area contributed by atoms with E-state index in [1.165, 1.54) is 42.4 Å². The van der Waals surface area contributed by atoms with Crippen LogP contribution in [0.1, 0.15) is 43.9 Å². The Morgan fingerprint density at radius 3 is 2.61 bits per heavy atom. The van der Waals surface area contributed by atoms with Gasteiger partial charge in [-0.25, -0.2) is 4.39 Å². The van der Waals surface area contributed by atoms with E-state index in [4.69, 9.17) is 0 Å². The maximum atomic E-state index is 12.9. The second-order valence-electron chi connectivity index (χ2n) is 7.69. The van der Waals surface area contributed by atoms with Gasteiger partial charge in [0.25, 0.3) is 0 Å². The Morgan fingerprint density at radius 1 is 1.21 bits per heavy atom. The molecule has 0 radical (unpaired) electrons. The van der Waals surface area contributed by atoms with Crippen molar-refractivity contribution in [3.8, 4) is 0 Å². The molecule has 3 nitrogen and oxygen atoms in total. The van der Waals surface area contributed by atoms with E-state index < -0.39 is 0 Å². The fourth-order valence-electron chi connectivity index (χ4n) is 3.61. The number of hydrogen-bond donors (Lipinski definition) is 1. The van der Waals surface area contributed by atoms with Gasteiger partial charge in [-0.1, -0.05) is 31.2 Å². The first-order valence-electron chi connectivity index (χ1n) is 9.97. The van der Waals surface area contributed by atoms with Gasteiger partial charge in [-0.3, -0.25) is 4.79 Å². The highest BCUT2D eigenvalue weighted by molar-refractivity contribution is 7.99. The summed E-state index contributed by atoms with van der Waals surface area (Å²) in [7, 11) is 0. The standard InChI is InChI=1S/C23H29FN2OS/c1-17-4-3-13-26(14-17)22-11-7-20(8-12-22)18(2)25-23(27)16-28-15-19-5-9-21(24)10-6-19/h5-12,17-18H,3-4,13-16H2,1-2H3,(H,25,27)/t17-,18+/m1/s1. The predicted molar refractivity (Wildman–Crippen MR) is 116 cm³/mol. The molecule has 0 bridgehead atoms. The summed E-state index contributed by atoms with van der Waals surface area (Å²) in [6.45, 7) is 6.57. The monoisotopic (exact) mass is 400 g/mol. The van der Waals surface area contributed by atoms with E-state index in [0.717, 1.165) is 30.1 Å². The van der Waals surface area contributed by atoms with Crippen molar-refractivity contribution >= 4 is 23.4 Å².